The highest BCUT2D eigenvalue weighted by molar-refractivity contribution is 5.63. The van der Waals surface area contributed by atoms with Gasteiger partial charge >= 0.3 is 0 Å². The molecule has 0 unspecified atom stereocenters. The topological polar surface area (TPSA) is 63.0 Å². The molecular weight excluding hydrogens is 206 g/mol. The van der Waals surface area contributed by atoms with E-state index in [-0.39, 0.29) is 10.6 Å². The van der Waals surface area contributed by atoms with Gasteiger partial charge in [0.1, 0.15) is 5.69 Å². The average Bonchev–Trinajstić information content (AvgIpc) is 2.57. The summed E-state index contributed by atoms with van der Waals surface area (Å²) in [6.45, 7) is 3.90. The Morgan fingerprint density at radius 1 is 1.25 bits per heavy atom. The lowest BCUT2D eigenvalue weighted by Gasteiger charge is -2.20. The molecule has 0 radical (unpaired) electrons. The maximum atomic E-state index is 10.9. The van der Waals surface area contributed by atoms with Crippen molar-refractivity contribution in [2.75, 3.05) is 31.1 Å². The molecule has 1 heterocycles. The lowest BCUT2D eigenvalue weighted by molar-refractivity contribution is -0.650. The number of nitrogens with two attached hydrogens (primary N) is 1. The van der Waals surface area contributed by atoms with Gasteiger partial charge in [0.15, 0.2) is 0 Å². The van der Waals surface area contributed by atoms with Crippen molar-refractivity contribution in [3.05, 3.63) is 34.4 Å². The Morgan fingerprint density at radius 3 is 2.88 bits per heavy atom. The van der Waals surface area contributed by atoms with Crippen LogP contribution in [-0.4, -0.2) is 31.1 Å². The van der Waals surface area contributed by atoms with E-state index in [0.29, 0.717) is 0 Å². The zero-order valence-electron chi connectivity index (χ0n) is 9.13. The molecule has 16 heavy (non-hydrogen) atoms. The van der Waals surface area contributed by atoms with E-state index in [1.807, 2.05) is 12.1 Å². The first kappa shape index (κ1) is 10.9. The van der Waals surface area contributed by atoms with Gasteiger partial charge in [-0.25, -0.2) is 0 Å². The summed E-state index contributed by atoms with van der Waals surface area (Å²) in [4.78, 5) is 12.7. The number of para-hydroxylation sites is 2. The quantitative estimate of drug-likeness (QED) is 0.581. The number of hydrogen-bond donors (Lipinski definition) is 1. The van der Waals surface area contributed by atoms with Crippen molar-refractivity contribution < 1.29 is 10.2 Å². The second-order valence-electron chi connectivity index (χ2n) is 3.95. The number of rotatable bonds is 2. The Morgan fingerprint density at radius 2 is 2.06 bits per heavy atom. The van der Waals surface area contributed by atoms with Gasteiger partial charge in [0.05, 0.1) is 24.6 Å². The van der Waals surface area contributed by atoms with Crippen molar-refractivity contribution >= 4 is 11.4 Å². The summed E-state index contributed by atoms with van der Waals surface area (Å²) in [6, 6.07) is 6.98. The molecule has 1 aliphatic heterocycles. The molecule has 2 N–H and O–H groups in total. The summed E-state index contributed by atoms with van der Waals surface area (Å²) >= 11 is 0. The van der Waals surface area contributed by atoms with Crippen molar-refractivity contribution in [1.29, 1.82) is 0 Å². The first-order valence-electron chi connectivity index (χ1n) is 5.59. The molecular formula is C11H16N3O2+. The van der Waals surface area contributed by atoms with Gasteiger partial charge in [-0.05, 0) is 6.07 Å². The number of nitro groups is 1. The highest BCUT2D eigenvalue weighted by Gasteiger charge is 2.19. The number of anilines is 1. The normalized spacial score (nSPS) is 16.9. The standard InChI is InChI=1S/C11H15N3O2/c15-14(16)11-5-2-1-4-10(11)13-8-3-6-12-7-9-13/h1-2,4-5,12H,3,6-9H2/p+1. The summed E-state index contributed by atoms with van der Waals surface area (Å²) in [7, 11) is 0. The van der Waals surface area contributed by atoms with Crippen molar-refractivity contribution in [1.82, 2.24) is 0 Å². The first-order valence-corrected chi connectivity index (χ1v) is 5.59. The van der Waals surface area contributed by atoms with Crippen LogP contribution in [0.5, 0.6) is 0 Å². The molecule has 1 aliphatic rings. The third-order valence-corrected chi connectivity index (χ3v) is 2.86. The van der Waals surface area contributed by atoms with Gasteiger partial charge in [-0.15, -0.1) is 0 Å². The van der Waals surface area contributed by atoms with Crippen LogP contribution in [0.3, 0.4) is 0 Å². The molecule has 0 aromatic heterocycles. The molecule has 5 nitrogen and oxygen atoms in total. The molecule has 86 valence electrons. The summed E-state index contributed by atoms with van der Waals surface area (Å²) in [6.07, 6.45) is 1.08. The molecule has 0 atom stereocenters. The average molecular weight is 222 g/mol. The molecule has 5 heteroatoms. The van der Waals surface area contributed by atoms with Crippen LogP contribution >= 0.6 is 0 Å². The van der Waals surface area contributed by atoms with Crippen molar-refractivity contribution in [3.8, 4) is 0 Å². The van der Waals surface area contributed by atoms with Gasteiger partial charge in [-0.3, -0.25) is 10.1 Å². The van der Waals surface area contributed by atoms with E-state index in [0.717, 1.165) is 38.3 Å². The maximum absolute atomic E-state index is 10.9. The number of nitro benzene ring substituents is 1. The summed E-state index contributed by atoms with van der Waals surface area (Å²) in [5.74, 6) is 0. The highest BCUT2D eigenvalue weighted by Crippen LogP contribution is 2.27. The predicted octanol–water partition coefficient (Wildman–Crippen LogP) is 0.368. The van der Waals surface area contributed by atoms with Crippen molar-refractivity contribution in [2.24, 2.45) is 0 Å². The predicted molar refractivity (Wildman–Crippen MR) is 61.6 cm³/mol. The van der Waals surface area contributed by atoms with E-state index >= 15 is 0 Å². The maximum Gasteiger partial charge on any atom is 0.292 e. The van der Waals surface area contributed by atoms with Gasteiger partial charge < -0.3 is 10.2 Å². The Kier molecular flexibility index (Phi) is 3.36. The number of quaternary nitrogens is 1. The number of nitrogens with zero attached hydrogens (tertiary/aromatic N) is 2. The van der Waals surface area contributed by atoms with Gasteiger partial charge in [0.2, 0.25) is 0 Å². The first-order chi connectivity index (χ1) is 7.79. The van der Waals surface area contributed by atoms with E-state index < -0.39 is 0 Å². The van der Waals surface area contributed by atoms with Crippen LogP contribution < -0.4 is 10.2 Å². The van der Waals surface area contributed by atoms with Crippen LogP contribution in [0.15, 0.2) is 24.3 Å². The summed E-state index contributed by atoms with van der Waals surface area (Å²) in [5.41, 5.74) is 0.965. The van der Waals surface area contributed by atoms with Crippen LogP contribution in [0.1, 0.15) is 6.42 Å². The van der Waals surface area contributed by atoms with E-state index in [1.54, 1.807) is 12.1 Å². The Balaban J connectivity index is 2.27. The minimum absolute atomic E-state index is 0.212. The van der Waals surface area contributed by atoms with Gasteiger partial charge in [-0.1, -0.05) is 12.1 Å². The molecule has 0 bridgehead atoms. The van der Waals surface area contributed by atoms with Crippen LogP contribution in [0, 0.1) is 10.1 Å². The minimum atomic E-state index is -0.302. The summed E-state index contributed by atoms with van der Waals surface area (Å²) in [5, 5.41) is 13.2. The summed E-state index contributed by atoms with van der Waals surface area (Å²) < 4.78 is 0. The molecule has 1 aromatic rings. The molecule has 1 fully saturated rings. The van der Waals surface area contributed by atoms with E-state index in [2.05, 4.69) is 10.2 Å². The van der Waals surface area contributed by atoms with Gasteiger partial charge in [-0.2, -0.15) is 0 Å². The van der Waals surface area contributed by atoms with Crippen LogP contribution in [0.25, 0.3) is 0 Å². The number of hydrogen-bond acceptors (Lipinski definition) is 3. The fraction of sp³-hybridized carbons (Fsp3) is 0.455. The second kappa shape index (κ2) is 4.94. The van der Waals surface area contributed by atoms with E-state index in [9.17, 15) is 10.1 Å². The van der Waals surface area contributed by atoms with E-state index in [1.165, 1.54) is 0 Å². The van der Waals surface area contributed by atoms with Crippen molar-refractivity contribution in [3.63, 3.8) is 0 Å². The zero-order valence-corrected chi connectivity index (χ0v) is 9.13. The smallest absolute Gasteiger partial charge is 0.292 e. The lowest BCUT2D eigenvalue weighted by atomic mass is 10.2. The van der Waals surface area contributed by atoms with Crippen molar-refractivity contribution in [2.45, 2.75) is 6.42 Å². The number of benzene rings is 1. The van der Waals surface area contributed by atoms with Crippen LogP contribution in [-0.2, 0) is 0 Å². The molecule has 1 saturated heterocycles. The third-order valence-electron chi connectivity index (χ3n) is 2.86. The Labute approximate surface area is 94.2 Å². The molecule has 0 amide bonds. The fourth-order valence-electron chi connectivity index (χ4n) is 2.06. The monoisotopic (exact) mass is 222 g/mol. The van der Waals surface area contributed by atoms with Crippen LogP contribution in [0.4, 0.5) is 11.4 Å². The SMILES string of the molecule is O=[N+]([O-])c1ccccc1N1CCC[NH2+]CC1. The van der Waals surface area contributed by atoms with Gasteiger partial charge in [0, 0.05) is 19.0 Å². The molecule has 0 saturated carbocycles. The molecule has 0 aliphatic carbocycles. The lowest BCUT2D eigenvalue weighted by Crippen LogP contribution is -2.84. The largest absolute Gasteiger partial charge is 0.360 e. The third kappa shape index (κ3) is 2.30. The Hall–Kier alpha value is -1.62. The second-order valence-corrected chi connectivity index (χ2v) is 3.95. The van der Waals surface area contributed by atoms with E-state index in [4.69, 9.17) is 0 Å². The molecule has 1 aromatic carbocycles. The Bertz CT molecular complexity index is 373. The molecule has 0 spiro atoms. The highest BCUT2D eigenvalue weighted by atomic mass is 16.6. The minimum Gasteiger partial charge on any atom is -0.360 e. The van der Waals surface area contributed by atoms with Crippen LogP contribution in [0.2, 0.25) is 0 Å². The zero-order chi connectivity index (χ0) is 11.4. The fourth-order valence-corrected chi connectivity index (χ4v) is 2.06. The van der Waals surface area contributed by atoms with Gasteiger partial charge in [0.25, 0.3) is 5.69 Å². The molecule has 2 rings (SSSR count).